The van der Waals surface area contributed by atoms with E-state index < -0.39 is 0 Å². The zero-order valence-electron chi connectivity index (χ0n) is 13.2. The summed E-state index contributed by atoms with van der Waals surface area (Å²) >= 11 is 0. The van der Waals surface area contributed by atoms with Crippen LogP contribution in [0, 0.1) is 0 Å². The zero-order valence-corrected chi connectivity index (χ0v) is 13.2. The highest BCUT2D eigenvalue weighted by atomic mass is 16.5. The maximum absolute atomic E-state index is 11.2. The van der Waals surface area contributed by atoms with E-state index in [1.165, 1.54) is 57.8 Å². The molecule has 0 bridgehead atoms. The van der Waals surface area contributed by atoms with Crippen molar-refractivity contribution in [1.29, 1.82) is 0 Å². The molecule has 0 radical (unpaired) electrons. The third kappa shape index (κ3) is 15.4. The van der Waals surface area contributed by atoms with E-state index in [-0.39, 0.29) is 5.97 Å². The van der Waals surface area contributed by atoms with Gasteiger partial charge in [-0.2, -0.15) is 0 Å². The van der Waals surface area contributed by atoms with Crippen molar-refractivity contribution in [3.8, 4) is 0 Å². The van der Waals surface area contributed by atoms with Crippen LogP contribution in [0.5, 0.6) is 0 Å². The largest absolute Gasteiger partial charge is 0.466 e. The van der Waals surface area contributed by atoms with E-state index in [0.29, 0.717) is 13.0 Å². The minimum absolute atomic E-state index is 0.0159. The van der Waals surface area contributed by atoms with Gasteiger partial charge in [-0.25, -0.2) is 0 Å². The van der Waals surface area contributed by atoms with Gasteiger partial charge in [-0.1, -0.05) is 78.1 Å². The second-order valence-corrected chi connectivity index (χ2v) is 5.51. The van der Waals surface area contributed by atoms with Crippen molar-refractivity contribution in [1.82, 2.24) is 0 Å². The molecule has 0 heterocycles. The fourth-order valence-electron chi connectivity index (χ4n) is 2.17. The SMILES string of the molecule is CCCCCCCCCCCCOC(=O)CCCC. The summed E-state index contributed by atoms with van der Waals surface area (Å²) in [5.74, 6) is -0.0159. The molecule has 0 aromatic heterocycles. The van der Waals surface area contributed by atoms with Gasteiger partial charge in [0, 0.05) is 6.42 Å². The Morgan fingerprint density at radius 1 is 0.684 bits per heavy atom. The van der Waals surface area contributed by atoms with Crippen molar-refractivity contribution in [3.63, 3.8) is 0 Å². The third-order valence-electron chi connectivity index (χ3n) is 3.50. The van der Waals surface area contributed by atoms with Crippen LogP contribution in [0.25, 0.3) is 0 Å². The molecule has 0 aliphatic rings. The number of hydrogen-bond acceptors (Lipinski definition) is 2. The van der Waals surface area contributed by atoms with Crippen molar-refractivity contribution in [3.05, 3.63) is 0 Å². The zero-order chi connectivity index (χ0) is 14.2. The van der Waals surface area contributed by atoms with Gasteiger partial charge in [0.25, 0.3) is 0 Å². The number of unbranched alkanes of at least 4 members (excludes halogenated alkanes) is 10. The van der Waals surface area contributed by atoms with Gasteiger partial charge in [0.1, 0.15) is 0 Å². The lowest BCUT2D eigenvalue weighted by atomic mass is 10.1. The first-order valence-electron chi connectivity index (χ1n) is 8.46. The minimum atomic E-state index is -0.0159. The van der Waals surface area contributed by atoms with Crippen LogP contribution in [-0.4, -0.2) is 12.6 Å². The highest BCUT2D eigenvalue weighted by Crippen LogP contribution is 2.10. The number of carbonyl (C=O) groups is 1. The molecule has 114 valence electrons. The van der Waals surface area contributed by atoms with Crippen LogP contribution in [0.4, 0.5) is 0 Å². The van der Waals surface area contributed by atoms with E-state index in [2.05, 4.69) is 13.8 Å². The summed E-state index contributed by atoms with van der Waals surface area (Å²) in [5, 5.41) is 0. The first-order chi connectivity index (χ1) is 9.31. The third-order valence-corrected chi connectivity index (χ3v) is 3.50. The van der Waals surface area contributed by atoms with Crippen molar-refractivity contribution in [2.75, 3.05) is 6.61 Å². The molecule has 2 nitrogen and oxygen atoms in total. The smallest absolute Gasteiger partial charge is 0.305 e. The summed E-state index contributed by atoms with van der Waals surface area (Å²) in [4.78, 5) is 11.2. The van der Waals surface area contributed by atoms with Gasteiger partial charge in [-0.05, 0) is 12.8 Å². The van der Waals surface area contributed by atoms with Gasteiger partial charge in [-0.15, -0.1) is 0 Å². The lowest BCUT2D eigenvalue weighted by Gasteiger charge is -2.04. The minimum Gasteiger partial charge on any atom is -0.466 e. The highest BCUT2D eigenvalue weighted by molar-refractivity contribution is 5.69. The molecule has 0 spiro atoms. The van der Waals surface area contributed by atoms with Crippen LogP contribution in [-0.2, 0) is 9.53 Å². The average Bonchev–Trinajstić information content (AvgIpc) is 2.42. The Labute approximate surface area is 120 Å². The summed E-state index contributed by atoms with van der Waals surface area (Å²) in [6.07, 6.45) is 15.8. The van der Waals surface area contributed by atoms with Crippen molar-refractivity contribution < 1.29 is 9.53 Å². The van der Waals surface area contributed by atoms with E-state index in [9.17, 15) is 4.79 Å². The predicted molar refractivity (Wildman–Crippen MR) is 82.3 cm³/mol. The monoisotopic (exact) mass is 270 g/mol. The van der Waals surface area contributed by atoms with Gasteiger partial charge < -0.3 is 4.74 Å². The van der Waals surface area contributed by atoms with Crippen LogP contribution in [0.2, 0.25) is 0 Å². The Hall–Kier alpha value is -0.530. The molecule has 0 amide bonds. The molecule has 0 aliphatic heterocycles. The topological polar surface area (TPSA) is 26.3 Å². The van der Waals surface area contributed by atoms with Gasteiger partial charge in [0.15, 0.2) is 0 Å². The number of hydrogen-bond donors (Lipinski definition) is 0. The molecule has 0 saturated carbocycles. The average molecular weight is 270 g/mol. The van der Waals surface area contributed by atoms with Crippen LogP contribution in [0.15, 0.2) is 0 Å². The van der Waals surface area contributed by atoms with Crippen molar-refractivity contribution in [2.24, 2.45) is 0 Å². The number of ether oxygens (including phenoxy) is 1. The molecular weight excluding hydrogens is 236 g/mol. The van der Waals surface area contributed by atoms with E-state index in [4.69, 9.17) is 4.74 Å². The van der Waals surface area contributed by atoms with Crippen LogP contribution >= 0.6 is 0 Å². The molecule has 0 aromatic rings. The number of rotatable bonds is 14. The van der Waals surface area contributed by atoms with Gasteiger partial charge in [0.05, 0.1) is 6.61 Å². The Balaban J connectivity index is 3.04. The first-order valence-corrected chi connectivity index (χ1v) is 8.46. The normalized spacial score (nSPS) is 10.6. The van der Waals surface area contributed by atoms with Gasteiger partial charge in [0.2, 0.25) is 0 Å². The lowest BCUT2D eigenvalue weighted by molar-refractivity contribution is -0.143. The van der Waals surface area contributed by atoms with Gasteiger partial charge in [-0.3, -0.25) is 4.79 Å². The van der Waals surface area contributed by atoms with Gasteiger partial charge >= 0.3 is 5.97 Å². The second-order valence-electron chi connectivity index (χ2n) is 5.51. The van der Waals surface area contributed by atoms with E-state index in [0.717, 1.165) is 19.3 Å². The van der Waals surface area contributed by atoms with Crippen molar-refractivity contribution in [2.45, 2.75) is 97.3 Å². The summed E-state index contributed by atoms with van der Waals surface area (Å²) in [6, 6.07) is 0. The highest BCUT2D eigenvalue weighted by Gasteiger charge is 2.00. The molecule has 19 heavy (non-hydrogen) atoms. The molecule has 0 rings (SSSR count). The van der Waals surface area contributed by atoms with Crippen molar-refractivity contribution >= 4 is 5.97 Å². The summed E-state index contributed by atoms with van der Waals surface area (Å²) in [7, 11) is 0. The van der Waals surface area contributed by atoms with Crippen LogP contribution < -0.4 is 0 Å². The Morgan fingerprint density at radius 2 is 1.16 bits per heavy atom. The Kier molecular flexibility index (Phi) is 15.1. The Morgan fingerprint density at radius 3 is 1.68 bits per heavy atom. The maximum Gasteiger partial charge on any atom is 0.305 e. The molecule has 0 N–H and O–H groups in total. The van der Waals surface area contributed by atoms with E-state index >= 15 is 0 Å². The molecule has 0 saturated heterocycles. The lowest BCUT2D eigenvalue weighted by Crippen LogP contribution is -2.05. The Bertz CT molecular complexity index is 190. The van der Waals surface area contributed by atoms with E-state index in [1.54, 1.807) is 0 Å². The molecule has 2 heteroatoms. The molecule has 0 aromatic carbocycles. The summed E-state index contributed by atoms with van der Waals surface area (Å²) < 4.78 is 5.18. The maximum atomic E-state index is 11.2. The number of carbonyl (C=O) groups excluding carboxylic acids is 1. The van der Waals surface area contributed by atoms with E-state index in [1.807, 2.05) is 0 Å². The summed E-state index contributed by atoms with van der Waals surface area (Å²) in [5.41, 5.74) is 0. The molecule has 0 fully saturated rings. The quantitative estimate of drug-likeness (QED) is 0.301. The van der Waals surface area contributed by atoms with Crippen LogP contribution in [0.1, 0.15) is 97.3 Å². The molecule has 0 atom stereocenters. The first kappa shape index (κ1) is 18.5. The predicted octanol–water partition coefficient (Wildman–Crippen LogP) is 5.64. The standard InChI is InChI=1S/C17H34O2/c1-3-5-7-8-9-10-11-12-13-14-16-19-17(18)15-6-4-2/h3-16H2,1-2H3. The molecule has 0 aliphatic carbocycles. The number of esters is 1. The molecule has 0 unspecified atom stereocenters. The van der Waals surface area contributed by atoms with Crippen LogP contribution in [0.3, 0.4) is 0 Å². The second kappa shape index (κ2) is 15.5. The molecular formula is C17H34O2. The fourth-order valence-corrected chi connectivity index (χ4v) is 2.17. The summed E-state index contributed by atoms with van der Waals surface area (Å²) in [6.45, 7) is 4.98. The fraction of sp³-hybridized carbons (Fsp3) is 0.941.